The molecule has 0 radical (unpaired) electrons. The van der Waals surface area contributed by atoms with Gasteiger partial charge < -0.3 is 10.4 Å². The van der Waals surface area contributed by atoms with E-state index < -0.39 is 12.0 Å². The zero-order chi connectivity index (χ0) is 14.7. The number of carbonyl (C=O) groups excluding carboxylic acids is 1. The fourth-order valence-corrected chi connectivity index (χ4v) is 2.66. The summed E-state index contributed by atoms with van der Waals surface area (Å²) in [4.78, 5) is 22.8. The second-order valence-electron chi connectivity index (χ2n) is 4.42. The fraction of sp³-hybridized carbons (Fsp3) is 0.143. The number of hydrogen-bond donors (Lipinski definition) is 3. The Labute approximate surface area is 120 Å². The molecule has 2 amide bonds. The average molecular weight is 290 g/mol. The molecule has 0 saturated heterocycles. The second-order valence-corrected chi connectivity index (χ2v) is 5.34. The topological polar surface area (TPSA) is 78.4 Å². The molecule has 2 rings (SSSR count). The molecule has 1 aromatic heterocycles. The highest BCUT2D eigenvalue weighted by Crippen LogP contribution is 2.23. The Balaban J connectivity index is 2.09. The number of thiophene rings is 1. The number of amides is 2. The predicted octanol–water partition coefficient (Wildman–Crippen LogP) is 3.71. The van der Waals surface area contributed by atoms with E-state index in [1.54, 1.807) is 5.38 Å². The van der Waals surface area contributed by atoms with E-state index in [0.717, 1.165) is 11.1 Å². The summed E-state index contributed by atoms with van der Waals surface area (Å²) >= 11 is 1.17. The highest BCUT2D eigenvalue weighted by atomic mass is 32.1. The predicted molar refractivity (Wildman–Crippen MR) is 79.8 cm³/mol. The first-order valence-electron chi connectivity index (χ1n) is 5.93. The highest BCUT2D eigenvalue weighted by molar-refractivity contribution is 7.14. The van der Waals surface area contributed by atoms with E-state index in [-0.39, 0.29) is 5.56 Å². The molecule has 0 aliphatic heterocycles. The number of carboxylic acid groups (broad SMARTS) is 1. The summed E-state index contributed by atoms with van der Waals surface area (Å²) in [5.74, 6) is -1.06. The summed E-state index contributed by atoms with van der Waals surface area (Å²) in [5, 5.41) is 16.1. The molecular weight excluding hydrogens is 276 g/mol. The lowest BCUT2D eigenvalue weighted by Gasteiger charge is -2.08. The van der Waals surface area contributed by atoms with Gasteiger partial charge in [-0.1, -0.05) is 6.07 Å². The zero-order valence-corrected chi connectivity index (χ0v) is 11.9. The van der Waals surface area contributed by atoms with Gasteiger partial charge in [-0.05, 0) is 48.6 Å². The molecule has 1 aromatic carbocycles. The number of aryl methyl sites for hydroxylation is 2. The average Bonchev–Trinajstić information content (AvgIpc) is 2.75. The van der Waals surface area contributed by atoms with Crippen LogP contribution in [0.5, 0.6) is 0 Å². The molecule has 0 bridgehead atoms. The van der Waals surface area contributed by atoms with Crippen LogP contribution in [0.25, 0.3) is 0 Å². The molecule has 5 nitrogen and oxygen atoms in total. The van der Waals surface area contributed by atoms with E-state index in [1.807, 2.05) is 32.0 Å². The molecule has 0 fully saturated rings. The molecule has 104 valence electrons. The zero-order valence-electron chi connectivity index (χ0n) is 11.1. The number of anilines is 2. The molecule has 0 atom stereocenters. The van der Waals surface area contributed by atoms with Crippen LogP contribution in [0.4, 0.5) is 15.5 Å². The van der Waals surface area contributed by atoms with Gasteiger partial charge in [0.25, 0.3) is 0 Å². The van der Waals surface area contributed by atoms with E-state index in [1.165, 1.54) is 17.4 Å². The number of carboxylic acids is 1. The standard InChI is InChI=1S/C14H14N2O3S/c1-8-5-9(2)7-10(6-8)15-14(19)16-12-11(13(17)18)3-4-20-12/h3-7H,1-2H3,(H,17,18)(H2,15,16,19). The minimum absolute atomic E-state index is 0.0885. The Hall–Kier alpha value is -2.34. The van der Waals surface area contributed by atoms with Crippen molar-refractivity contribution in [3.8, 4) is 0 Å². The lowest BCUT2D eigenvalue weighted by atomic mass is 10.1. The van der Waals surface area contributed by atoms with Crippen LogP contribution in [0, 0.1) is 13.8 Å². The third-order valence-electron chi connectivity index (χ3n) is 2.60. The number of rotatable bonds is 3. The van der Waals surface area contributed by atoms with E-state index in [0.29, 0.717) is 10.7 Å². The fourth-order valence-electron chi connectivity index (χ4n) is 1.89. The highest BCUT2D eigenvalue weighted by Gasteiger charge is 2.13. The lowest BCUT2D eigenvalue weighted by Crippen LogP contribution is -2.20. The van der Waals surface area contributed by atoms with Crippen molar-refractivity contribution >= 4 is 34.0 Å². The molecule has 0 unspecified atom stereocenters. The van der Waals surface area contributed by atoms with Crippen LogP contribution in [0.15, 0.2) is 29.6 Å². The maximum atomic E-state index is 11.9. The molecule has 0 aliphatic carbocycles. The van der Waals surface area contributed by atoms with Crippen molar-refractivity contribution in [3.63, 3.8) is 0 Å². The van der Waals surface area contributed by atoms with Crippen molar-refractivity contribution in [2.24, 2.45) is 0 Å². The number of hydrogen-bond acceptors (Lipinski definition) is 3. The van der Waals surface area contributed by atoms with Gasteiger partial charge in [0.05, 0.1) is 5.56 Å². The van der Waals surface area contributed by atoms with Crippen LogP contribution in [0.3, 0.4) is 0 Å². The number of nitrogens with one attached hydrogen (secondary N) is 2. The van der Waals surface area contributed by atoms with Crippen molar-refractivity contribution in [1.82, 2.24) is 0 Å². The van der Waals surface area contributed by atoms with Crippen LogP contribution in [-0.4, -0.2) is 17.1 Å². The first kappa shape index (κ1) is 14.1. The van der Waals surface area contributed by atoms with Gasteiger partial charge in [0.15, 0.2) is 0 Å². The first-order valence-corrected chi connectivity index (χ1v) is 6.81. The van der Waals surface area contributed by atoms with Gasteiger partial charge in [0.2, 0.25) is 0 Å². The summed E-state index contributed by atoms with van der Waals surface area (Å²) in [6, 6.07) is 6.70. The molecule has 1 heterocycles. The van der Waals surface area contributed by atoms with Gasteiger partial charge in [0.1, 0.15) is 5.00 Å². The Morgan fingerprint density at radius 1 is 1.10 bits per heavy atom. The van der Waals surface area contributed by atoms with Crippen molar-refractivity contribution in [2.45, 2.75) is 13.8 Å². The molecular formula is C14H14N2O3S. The van der Waals surface area contributed by atoms with Crippen molar-refractivity contribution < 1.29 is 14.7 Å². The molecule has 0 saturated carbocycles. The van der Waals surface area contributed by atoms with Crippen LogP contribution < -0.4 is 10.6 Å². The number of aromatic carboxylic acids is 1. The largest absolute Gasteiger partial charge is 0.478 e. The van der Waals surface area contributed by atoms with Gasteiger partial charge >= 0.3 is 12.0 Å². The van der Waals surface area contributed by atoms with E-state index in [4.69, 9.17) is 5.11 Å². The van der Waals surface area contributed by atoms with Crippen molar-refractivity contribution in [2.75, 3.05) is 10.6 Å². The monoisotopic (exact) mass is 290 g/mol. The summed E-state index contributed by atoms with van der Waals surface area (Å²) < 4.78 is 0. The van der Waals surface area contributed by atoms with E-state index in [9.17, 15) is 9.59 Å². The third-order valence-corrected chi connectivity index (χ3v) is 3.43. The van der Waals surface area contributed by atoms with Gasteiger partial charge in [-0.3, -0.25) is 5.32 Å². The smallest absolute Gasteiger partial charge is 0.338 e. The molecule has 3 N–H and O–H groups in total. The number of benzene rings is 1. The first-order chi connectivity index (χ1) is 9.45. The van der Waals surface area contributed by atoms with Crippen molar-refractivity contribution in [1.29, 1.82) is 0 Å². The van der Waals surface area contributed by atoms with Crippen molar-refractivity contribution in [3.05, 3.63) is 46.3 Å². The summed E-state index contributed by atoms with van der Waals surface area (Å²) in [6.45, 7) is 3.88. The van der Waals surface area contributed by atoms with E-state index in [2.05, 4.69) is 10.6 Å². The van der Waals surface area contributed by atoms with Gasteiger partial charge in [-0.15, -0.1) is 11.3 Å². The summed E-state index contributed by atoms with van der Waals surface area (Å²) in [6.07, 6.45) is 0. The second kappa shape index (κ2) is 5.75. The molecule has 20 heavy (non-hydrogen) atoms. The Kier molecular flexibility index (Phi) is 4.05. The summed E-state index contributed by atoms with van der Waals surface area (Å²) in [7, 11) is 0. The molecule has 0 spiro atoms. The summed E-state index contributed by atoms with van der Waals surface area (Å²) in [5.41, 5.74) is 2.85. The van der Waals surface area contributed by atoms with Crippen LogP contribution in [0.1, 0.15) is 21.5 Å². The number of urea groups is 1. The normalized spacial score (nSPS) is 10.1. The maximum Gasteiger partial charge on any atom is 0.338 e. The SMILES string of the molecule is Cc1cc(C)cc(NC(=O)Nc2sccc2C(=O)O)c1. The van der Waals surface area contributed by atoms with Crippen LogP contribution in [0.2, 0.25) is 0 Å². The minimum atomic E-state index is -1.06. The molecule has 0 aliphatic rings. The van der Waals surface area contributed by atoms with Gasteiger partial charge in [0, 0.05) is 5.69 Å². The quantitative estimate of drug-likeness (QED) is 0.806. The van der Waals surface area contributed by atoms with E-state index >= 15 is 0 Å². The van der Waals surface area contributed by atoms with Crippen LogP contribution >= 0.6 is 11.3 Å². The van der Waals surface area contributed by atoms with Gasteiger partial charge in [-0.25, -0.2) is 9.59 Å². The maximum absolute atomic E-state index is 11.9. The lowest BCUT2D eigenvalue weighted by molar-refractivity contribution is 0.0698. The Morgan fingerprint density at radius 2 is 1.75 bits per heavy atom. The van der Waals surface area contributed by atoms with Gasteiger partial charge in [-0.2, -0.15) is 0 Å². The Morgan fingerprint density at radius 3 is 2.35 bits per heavy atom. The Bertz CT molecular complexity index is 644. The van der Waals surface area contributed by atoms with Crippen LogP contribution in [-0.2, 0) is 0 Å². The molecule has 6 heteroatoms. The third kappa shape index (κ3) is 3.36. The molecule has 2 aromatic rings. The number of carbonyl (C=O) groups is 2. The minimum Gasteiger partial charge on any atom is -0.478 e.